The number of hydrogen-bond donors (Lipinski definition) is 2. The van der Waals surface area contributed by atoms with E-state index in [9.17, 15) is 14.0 Å². The van der Waals surface area contributed by atoms with Crippen LogP contribution in [0, 0.1) is 11.7 Å². The monoisotopic (exact) mass is 404 g/mol. The third-order valence-electron chi connectivity index (χ3n) is 5.09. The minimum absolute atomic E-state index is 0.173. The van der Waals surface area contributed by atoms with Crippen LogP contribution in [-0.2, 0) is 16.0 Å². The van der Waals surface area contributed by atoms with Crippen LogP contribution in [0.4, 0.5) is 9.18 Å². The molecule has 2 atom stereocenters. The maximum absolute atomic E-state index is 14.9. The van der Waals surface area contributed by atoms with Crippen molar-refractivity contribution in [2.75, 3.05) is 20.8 Å². The predicted octanol–water partition coefficient (Wildman–Crippen LogP) is 2.41. The van der Waals surface area contributed by atoms with Crippen molar-refractivity contribution in [2.45, 2.75) is 32.4 Å². The Balaban J connectivity index is 1.97. The van der Waals surface area contributed by atoms with Crippen LogP contribution in [0.1, 0.15) is 36.8 Å². The van der Waals surface area contributed by atoms with Gasteiger partial charge < -0.3 is 24.7 Å². The van der Waals surface area contributed by atoms with Gasteiger partial charge in [0, 0.05) is 30.3 Å². The fraction of sp³-hybridized carbons (Fsp3) is 0.450. The van der Waals surface area contributed by atoms with E-state index in [-0.39, 0.29) is 5.92 Å². The Morgan fingerprint density at radius 2 is 2.10 bits per heavy atom. The zero-order valence-electron chi connectivity index (χ0n) is 16.9. The molecular weight excluding hydrogens is 379 g/mol. The standard InChI is InChI=1S/C20H25FN4O4/c1-11(2)16(19(26)29-4)24-20(27)25-8-7-15-17(23-10-22-15)18(25)13-6-5-12(28-3)9-14(13)21/h5-6,9-11,16,18H,7-8H2,1-4H3,(H,22,23)(H,24,27)/t16-,18+/m1/s1. The van der Waals surface area contributed by atoms with Crippen LogP contribution in [0.15, 0.2) is 24.5 Å². The van der Waals surface area contributed by atoms with Gasteiger partial charge in [0.2, 0.25) is 0 Å². The van der Waals surface area contributed by atoms with Crippen LogP contribution < -0.4 is 10.1 Å². The molecule has 0 radical (unpaired) electrons. The minimum Gasteiger partial charge on any atom is -0.497 e. The van der Waals surface area contributed by atoms with Crippen molar-refractivity contribution in [2.24, 2.45) is 5.92 Å². The molecule has 9 heteroatoms. The number of urea groups is 1. The summed E-state index contributed by atoms with van der Waals surface area (Å²) in [4.78, 5) is 34.0. The fourth-order valence-electron chi connectivity index (χ4n) is 3.51. The molecular formula is C20H25FN4O4. The van der Waals surface area contributed by atoms with Crippen molar-refractivity contribution in [1.29, 1.82) is 0 Å². The smallest absolute Gasteiger partial charge is 0.328 e. The summed E-state index contributed by atoms with van der Waals surface area (Å²) in [6, 6.07) is 2.47. The lowest BCUT2D eigenvalue weighted by atomic mass is 9.95. The van der Waals surface area contributed by atoms with Crippen molar-refractivity contribution < 1.29 is 23.5 Å². The second kappa shape index (κ2) is 8.50. The molecule has 29 heavy (non-hydrogen) atoms. The second-order valence-electron chi connectivity index (χ2n) is 7.19. The molecule has 0 fully saturated rings. The van der Waals surface area contributed by atoms with Crippen LogP contribution >= 0.6 is 0 Å². The van der Waals surface area contributed by atoms with Crippen LogP contribution in [0.5, 0.6) is 5.75 Å². The molecule has 1 aromatic carbocycles. The molecule has 2 amide bonds. The van der Waals surface area contributed by atoms with Gasteiger partial charge in [-0.05, 0) is 18.1 Å². The Kier molecular flexibility index (Phi) is 6.05. The summed E-state index contributed by atoms with van der Waals surface area (Å²) in [5, 5.41) is 2.73. The van der Waals surface area contributed by atoms with Gasteiger partial charge in [0.1, 0.15) is 23.7 Å². The van der Waals surface area contributed by atoms with E-state index in [0.717, 1.165) is 5.69 Å². The molecule has 1 aliphatic heterocycles. The van der Waals surface area contributed by atoms with Gasteiger partial charge in [-0.3, -0.25) is 0 Å². The van der Waals surface area contributed by atoms with Crippen LogP contribution in [0.3, 0.4) is 0 Å². The molecule has 2 N–H and O–H groups in total. The average Bonchev–Trinajstić information content (AvgIpc) is 3.19. The largest absolute Gasteiger partial charge is 0.497 e. The third-order valence-corrected chi connectivity index (χ3v) is 5.09. The van der Waals surface area contributed by atoms with Crippen LogP contribution in [0.25, 0.3) is 0 Å². The van der Waals surface area contributed by atoms with E-state index in [0.29, 0.717) is 30.0 Å². The molecule has 0 aliphatic carbocycles. The molecule has 0 unspecified atom stereocenters. The van der Waals surface area contributed by atoms with Crippen molar-refractivity contribution in [1.82, 2.24) is 20.2 Å². The second-order valence-corrected chi connectivity index (χ2v) is 7.19. The number of hydrogen-bond acceptors (Lipinski definition) is 5. The Morgan fingerprint density at radius 3 is 2.72 bits per heavy atom. The number of ether oxygens (including phenoxy) is 2. The number of benzene rings is 1. The van der Waals surface area contributed by atoms with Crippen molar-refractivity contribution >= 4 is 12.0 Å². The van der Waals surface area contributed by atoms with Gasteiger partial charge in [-0.2, -0.15) is 0 Å². The third kappa shape index (κ3) is 4.03. The van der Waals surface area contributed by atoms with Gasteiger partial charge in [-0.15, -0.1) is 0 Å². The fourth-order valence-corrected chi connectivity index (χ4v) is 3.51. The number of imidazole rings is 1. The van der Waals surface area contributed by atoms with E-state index in [4.69, 9.17) is 9.47 Å². The molecule has 3 rings (SSSR count). The van der Waals surface area contributed by atoms with Crippen molar-refractivity contribution in [3.8, 4) is 5.75 Å². The molecule has 8 nitrogen and oxygen atoms in total. The lowest BCUT2D eigenvalue weighted by Gasteiger charge is -2.36. The zero-order chi connectivity index (χ0) is 21.1. The van der Waals surface area contributed by atoms with Gasteiger partial charge in [-0.1, -0.05) is 13.8 Å². The molecule has 0 spiro atoms. The zero-order valence-corrected chi connectivity index (χ0v) is 16.9. The van der Waals surface area contributed by atoms with E-state index < -0.39 is 29.9 Å². The highest BCUT2D eigenvalue weighted by Crippen LogP contribution is 2.35. The van der Waals surface area contributed by atoms with Gasteiger partial charge in [0.25, 0.3) is 0 Å². The van der Waals surface area contributed by atoms with E-state index >= 15 is 0 Å². The average molecular weight is 404 g/mol. The van der Waals surface area contributed by atoms with Crippen molar-refractivity contribution in [3.05, 3.63) is 47.3 Å². The highest BCUT2D eigenvalue weighted by atomic mass is 19.1. The molecule has 2 aromatic rings. The number of aromatic nitrogens is 2. The van der Waals surface area contributed by atoms with E-state index in [1.807, 2.05) is 13.8 Å². The molecule has 1 aliphatic rings. The molecule has 0 saturated carbocycles. The lowest BCUT2D eigenvalue weighted by molar-refractivity contribution is -0.144. The Hall–Kier alpha value is -3.10. The molecule has 2 heterocycles. The highest BCUT2D eigenvalue weighted by Gasteiger charge is 2.37. The molecule has 0 bridgehead atoms. The van der Waals surface area contributed by atoms with Gasteiger partial charge in [0.05, 0.1) is 26.2 Å². The van der Waals surface area contributed by atoms with E-state index in [1.165, 1.54) is 31.5 Å². The predicted molar refractivity (Wildman–Crippen MR) is 103 cm³/mol. The number of carbonyl (C=O) groups is 2. The summed E-state index contributed by atoms with van der Waals surface area (Å²) in [5.41, 5.74) is 1.73. The highest BCUT2D eigenvalue weighted by molar-refractivity contribution is 5.84. The number of aromatic amines is 1. The van der Waals surface area contributed by atoms with Crippen molar-refractivity contribution in [3.63, 3.8) is 0 Å². The maximum atomic E-state index is 14.9. The first-order chi connectivity index (χ1) is 13.9. The Labute approximate surface area is 168 Å². The van der Waals surface area contributed by atoms with E-state index in [1.54, 1.807) is 12.1 Å². The minimum atomic E-state index is -0.811. The maximum Gasteiger partial charge on any atom is 0.328 e. The summed E-state index contributed by atoms with van der Waals surface area (Å²) in [6.45, 7) is 3.96. The number of amides is 2. The molecule has 0 saturated heterocycles. The number of methoxy groups -OCH3 is 2. The lowest BCUT2D eigenvalue weighted by Crippen LogP contribution is -2.53. The number of nitrogens with one attached hydrogen (secondary N) is 2. The summed E-state index contributed by atoms with van der Waals surface area (Å²) < 4.78 is 24.8. The Bertz CT molecular complexity index is 898. The van der Waals surface area contributed by atoms with Crippen LogP contribution in [-0.4, -0.2) is 53.7 Å². The number of rotatable bonds is 5. The number of fused-ring (bicyclic) bond motifs is 1. The number of nitrogens with zero attached hydrogens (tertiary/aromatic N) is 2. The van der Waals surface area contributed by atoms with Gasteiger partial charge >= 0.3 is 12.0 Å². The summed E-state index contributed by atoms with van der Waals surface area (Å²) in [7, 11) is 2.73. The normalized spacial score (nSPS) is 16.9. The van der Waals surface area contributed by atoms with Gasteiger partial charge in [-0.25, -0.2) is 19.0 Å². The SMILES string of the molecule is COC(=O)[C@H](NC(=O)N1CCc2[nH]cnc2[C@@H]1c1ccc(OC)cc1F)C(C)C. The molecule has 1 aromatic heterocycles. The number of halogens is 1. The summed E-state index contributed by atoms with van der Waals surface area (Å²) in [6.07, 6.45) is 2.08. The summed E-state index contributed by atoms with van der Waals surface area (Å²) in [5.74, 6) is -0.825. The molecule has 156 valence electrons. The first-order valence-electron chi connectivity index (χ1n) is 9.37. The number of carbonyl (C=O) groups excluding carboxylic acids is 2. The first-order valence-corrected chi connectivity index (χ1v) is 9.37. The van der Waals surface area contributed by atoms with Crippen LogP contribution in [0.2, 0.25) is 0 Å². The van der Waals surface area contributed by atoms with Gasteiger partial charge in [0.15, 0.2) is 0 Å². The Morgan fingerprint density at radius 1 is 1.34 bits per heavy atom. The number of esters is 1. The van der Waals surface area contributed by atoms with E-state index in [2.05, 4.69) is 15.3 Å². The quantitative estimate of drug-likeness (QED) is 0.746. The first kappa shape index (κ1) is 20.6. The topological polar surface area (TPSA) is 96.6 Å². The number of H-pyrrole nitrogens is 1. The summed E-state index contributed by atoms with van der Waals surface area (Å²) >= 11 is 0.